The first kappa shape index (κ1) is 25.9. The first-order valence-electron chi connectivity index (χ1n) is 12.2. The zero-order valence-corrected chi connectivity index (χ0v) is 20.1. The molecule has 2 radical (unpaired) electrons. The van der Waals surface area contributed by atoms with Gasteiger partial charge in [0.1, 0.15) is 6.10 Å². The van der Waals surface area contributed by atoms with Crippen LogP contribution < -0.4 is 0 Å². The minimum Gasteiger partial charge on any atom is -0.292 e. The number of benzene rings is 2. The van der Waals surface area contributed by atoms with Crippen LogP contribution in [0.1, 0.15) is 90.6 Å². The van der Waals surface area contributed by atoms with E-state index in [1.807, 2.05) is 30.7 Å². The van der Waals surface area contributed by atoms with Gasteiger partial charge in [0.25, 0.3) is 0 Å². The highest BCUT2D eigenvalue weighted by Crippen LogP contribution is 2.30. The Balaban J connectivity index is 1.47. The molecule has 0 saturated heterocycles. The van der Waals surface area contributed by atoms with Crippen LogP contribution in [0.3, 0.4) is 0 Å². The Hall–Kier alpha value is -2.70. The van der Waals surface area contributed by atoms with Crippen LogP contribution in [-0.2, 0) is 32.4 Å². The maximum absolute atomic E-state index is 12.4. The number of carbonyl (C=O) groups excluding carboxylic acids is 2. The molecule has 6 nitrogen and oxygen atoms in total. The quantitative estimate of drug-likeness (QED) is 0.261. The average molecular weight is 467 g/mol. The van der Waals surface area contributed by atoms with Crippen LogP contribution >= 0.6 is 0 Å². The van der Waals surface area contributed by atoms with Gasteiger partial charge in [-0.25, -0.2) is 9.59 Å². The number of unbranched alkanes of at least 4 members (excludes halogenated alkanes) is 2. The van der Waals surface area contributed by atoms with E-state index in [1.165, 1.54) is 11.1 Å². The van der Waals surface area contributed by atoms with E-state index in [4.69, 9.17) is 19.6 Å². The lowest BCUT2D eigenvalue weighted by Gasteiger charge is -2.26. The van der Waals surface area contributed by atoms with Crippen molar-refractivity contribution in [3.05, 3.63) is 83.3 Å². The number of rotatable bonds is 12. The molecule has 1 aliphatic rings. The van der Waals surface area contributed by atoms with Crippen LogP contribution in [0.2, 0.25) is 0 Å². The lowest BCUT2D eigenvalue weighted by molar-refractivity contribution is -0.317. The van der Waals surface area contributed by atoms with Crippen molar-refractivity contribution in [3.63, 3.8) is 0 Å². The third-order valence-electron chi connectivity index (χ3n) is 5.82. The molecule has 0 aliphatic heterocycles. The van der Waals surface area contributed by atoms with E-state index in [0.717, 1.165) is 44.9 Å². The summed E-state index contributed by atoms with van der Waals surface area (Å²) in [6.07, 6.45) is 9.99. The number of carbonyl (C=O) groups is 2. The van der Waals surface area contributed by atoms with Crippen molar-refractivity contribution in [2.75, 3.05) is 0 Å². The van der Waals surface area contributed by atoms with Crippen molar-refractivity contribution < 1.29 is 29.1 Å². The van der Waals surface area contributed by atoms with E-state index in [0.29, 0.717) is 30.1 Å². The van der Waals surface area contributed by atoms with Gasteiger partial charge in [-0.3, -0.25) is 9.78 Å². The van der Waals surface area contributed by atoms with Gasteiger partial charge in [0.05, 0.1) is 11.1 Å². The molecule has 0 bridgehead atoms. The van der Waals surface area contributed by atoms with Crippen LogP contribution in [0.25, 0.3) is 0 Å². The summed E-state index contributed by atoms with van der Waals surface area (Å²) in [5.74, 6) is -1.16. The third kappa shape index (κ3) is 7.96. The fourth-order valence-corrected chi connectivity index (χ4v) is 3.66. The maximum atomic E-state index is 12.4. The molecule has 0 spiro atoms. The molecule has 0 N–H and O–H groups in total. The van der Waals surface area contributed by atoms with Gasteiger partial charge in [-0.1, -0.05) is 51.0 Å². The van der Waals surface area contributed by atoms with Gasteiger partial charge in [-0.15, -0.1) is 0 Å². The van der Waals surface area contributed by atoms with Crippen LogP contribution in [0.5, 0.6) is 0 Å². The molecule has 2 aromatic carbocycles. The summed E-state index contributed by atoms with van der Waals surface area (Å²) in [5, 5.41) is 0. The van der Waals surface area contributed by atoms with Crippen molar-refractivity contribution in [3.8, 4) is 0 Å². The highest BCUT2D eigenvalue weighted by molar-refractivity contribution is 5.89. The van der Waals surface area contributed by atoms with Gasteiger partial charge in [0.15, 0.2) is 6.10 Å². The highest BCUT2D eigenvalue weighted by Gasteiger charge is 2.33. The minimum atomic E-state index is -0.634. The summed E-state index contributed by atoms with van der Waals surface area (Å²) in [4.78, 5) is 45.5. The predicted octanol–water partition coefficient (Wildman–Crippen LogP) is 6.54. The number of aryl methyl sites for hydroxylation is 2. The first-order valence-corrected chi connectivity index (χ1v) is 12.2. The van der Waals surface area contributed by atoms with Gasteiger partial charge in [-0.05, 0) is 86.8 Å². The van der Waals surface area contributed by atoms with Gasteiger partial charge in [0, 0.05) is 0 Å². The number of hydrogen-bond donors (Lipinski definition) is 0. The first-order chi connectivity index (χ1) is 16.6. The van der Waals surface area contributed by atoms with Crippen LogP contribution in [0.15, 0.2) is 48.5 Å². The molecule has 1 unspecified atom stereocenters. The molecule has 0 heterocycles. The van der Waals surface area contributed by atoms with Crippen molar-refractivity contribution in [1.82, 2.24) is 0 Å². The van der Waals surface area contributed by atoms with Gasteiger partial charge in [0.2, 0.25) is 0 Å². The van der Waals surface area contributed by atoms with E-state index < -0.39 is 18.0 Å². The SMILES string of the molecule is CCCCc1ccc(C(=O)OO[C]2CC[CH]CC2OOC(=O)c2ccc(CCCC)cc2)cc1. The Morgan fingerprint density at radius 3 is 1.85 bits per heavy atom. The number of hydrogen-bond acceptors (Lipinski definition) is 6. The standard InChI is InChI=1S/C28H34O6/c1-3-5-9-21-13-17-23(18-14-21)27(29)33-31-25-11-7-8-12-26(25)32-34-28(30)24-19-15-22(16-20-24)10-6-4-2/h7,13-20,25H,3-6,8-12H2,1-2H3. The predicted molar refractivity (Wildman–Crippen MR) is 128 cm³/mol. The van der Waals surface area contributed by atoms with Crippen LogP contribution in [-0.4, -0.2) is 18.0 Å². The monoisotopic (exact) mass is 466 g/mol. The Morgan fingerprint density at radius 2 is 1.32 bits per heavy atom. The summed E-state index contributed by atoms with van der Waals surface area (Å²) in [7, 11) is 0. The molecule has 1 aliphatic carbocycles. The smallest absolute Gasteiger partial charge is 0.292 e. The topological polar surface area (TPSA) is 71.1 Å². The molecule has 34 heavy (non-hydrogen) atoms. The second-order valence-corrected chi connectivity index (χ2v) is 8.54. The molecule has 1 fully saturated rings. The fourth-order valence-electron chi connectivity index (χ4n) is 3.66. The Kier molecular flexibility index (Phi) is 10.6. The van der Waals surface area contributed by atoms with Crippen molar-refractivity contribution in [2.24, 2.45) is 0 Å². The van der Waals surface area contributed by atoms with E-state index in [1.54, 1.807) is 24.3 Å². The zero-order valence-electron chi connectivity index (χ0n) is 20.1. The van der Waals surface area contributed by atoms with E-state index in [9.17, 15) is 9.59 Å². The lowest BCUT2D eigenvalue weighted by atomic mass is 9.95. The fraction of sp³-hybridized carbons (Fsp3) is 0.429. The summed E-state index contributed by atoms with van der Waals surface area (Å²) in [5.41, 5.74) is 3.19. The molecule has 6 heteroatoms. The highest BCUT2D eigenvalue weighted by atomic mass is 17.2. The normalized spacial score (nSPS) is 16.2. The largest absolute Gasteiger partial charge is 0.373 e. The Bertz CT molecular complexity index is 815. The summed E-state index contributed by atoms with van der Waals surface area (Å²) in [6, 6.07) is 14.7. The molecule has 1 saturated carbocycles. The zero-order chi connectivity index (χ0) is 24.2. The van der Waals surface area contributed by atoms with E-state index in [2.05, 4.69) is 13.8 Å². The summed E-state index contributed by atoms with van der Waals surface area (Å²) >= 11 is 0. The van der Waals surface area contributed by atoms with Crippen molar-refractivity contribution in [2.45, 2.75) is 77.7 Å². The van der Waals surface area contributed by atoms with E-state index >= 15 is 0 Å². The second kappa shape index (κ2) is 13.9. The van der Waals surface area contributed by atoms with E-state index in [-0.39, 0.29) is 0 Å². The van der Waals surface area contributed by atoms with Gasteiger partial charge < -0.3 is 0 Å². The lowest BCUT2D eigenvalue weighted by Crippen LogP contribution is -2.30. The average Bonchev–Trinajstić information content (AvgIpc) is 2.89. The van der Waals surface area contributed by atoms with Crippen molar-refractivity contribution >= 4 is 11.9 Å². The Morgan fingerprint density at radius 1 is 0.794 bits per heavy atom. The van der Waals surface area contributed by atoms with Crippen molar-refractivity contribution in [1.29, 1.82) is 0 Å². The molecule has 2 aromatic rings. The molecular weight excluding hydrogens is 432 g/mol. The molecule has 0 amide bonds. The maximum Gasteiger partial charge on any atom is 0.373 e. The summed E-state index contributed by atoms with van der Waals surface area (Å²) < 4.78 is 0. The molecular formula is C28H34O6. The summed E-state index contributed by atoms with van der Waals surface area (Å²) in [6.45, 7) is 4.29. The molecule has 1 atom stereocenters. The molecule has 0 aromatic heterocycles. The second-order valence-electron chi connectivity index (χ2n) is 8.54. The molecule has 3 rings (SSSR count). The third-order valence-corrected chi connectivity index (χ3v) is 5.82. The van der Waals surface area contributed by atoms with Gasteiger partial charge in [-0.2, -0.15) is 9.78 Å². The van der Waals surface area contributed by atoms with Gasteiger partial charge >= 0.3 is 11.9 Å². The van der Waals surface area contributed by atoms with Crippen LogP contribution in [0, 0.1) is 12.5 Å². The minimum absolute atomic E-state index is 0.412. The molecule has 182 valence electrons. The Labute approximate surface area is 202 Å². The van der Waals surface area contributed by atoms with Crippen LogP contribution in [0.4, 0.5) is 0 Å².